The van der Waals surface area contributed by atoms with Gasteiger partial charge >= 0.3 is 0 Å². The molecule has 6 rings (SSSR count). The average molecular weight is 546 g/mol. The van der Waals surface area contributed by atoms with Crippen molar-refractivity contribution in [1.29, 1.82) is 0 Å². The van der Waals surface area contributed by atoms with E-state index in [2.05, 4.69) is 71.7 Å². The molecule has 0 saturated heterocycles. The molecule has 1 aliphatic rings. The van der Waals surface area contributed by atoms with Gasteiger partial charge in [-0.2, -0.15) is 0 Å². The van der Waals surface area contributed by atoms with Gasteiger partial charge in [0.25, 0.3) is 0 Å². The highest BCUT2D eigenvalue weighted by Gasteiger charge is 2.27. The number of carbonyl (C=O) groups excluding carboxylic acids is 1. The normalized spacial score (nSPS) is 13.2. The fourth-order valence-corrected chi connectivity index (χ4v) is 7.24. The molecular formula is C30H28ClN3OS2. The standard InChI is InChI=1S/C30H27N3OS2.ClH/c1-2-33-17-16-23-26(19-33)36-30(28(23)29-31-24-10-6-7-11-25(24)35-29)32-27(34)18-20-12-14-22(15-13-20)21-8-4-3-5-9-21;/h3-15H,2,16-19H2,1H3,(H,32,34);1H. The minimum atomic E-state index is 0. The van der Waals surface area contributed by atoms with Crippen LogP contribution in [-0.4, -0.2) is 28.9 Å². The van der Waals surface area contributed by atoms with Crippen LogP contribution in [0, 0.1) is 0 Å². The number of amides is 1. The Morgan fingerprint density at radius 3 is 2.43 bits per heavy atom. The summed E-state index contributed by atoms with van der Waals surface area (Å²) in [6.45, 7) is 5.22. The SMILES string of the molecule is CCN1CCc2c(sc(NC(=O)Cc3ccc(-c4ccccc4)cc3)c2-c2nc3ccccc3s2)C1.Cl. The lowest BCUT2D eigenvalue weighted by atomic mass is 10.0. The molecular weight excluding hydrogens is 518 g/mol. The van der Waals surface area contributed by atoms with Crippen LogP contribution in [0.5, 0.6) is 0 Å². The number of para-hydroxylation sites is 1. The van der Waals surface area contributed by atoms with E-state index in [9.17, 15) is 4.79 Å². The molecule has 0 unspecified atom stereocenters. The van der Waals surface area contributed by atoms with Crippen molar-refractivity contribution in [1.82, 2.24) is 9.88 Å². The summed E-state index contributed by atoms with van der Waals surface area (Å²) in [5.41, 5.74) is 6.83. The van der Waals surface area contributed by atoms with Gasteiger partial charge in [0.15, 0.2) is 0 Å². The van der Waals surface area contributed by atoms with Gasteiger partial charge in [-0.3, -0.25) is 9.69 Å². The molecule has 0 fully saturated rings. The Morgan fingerprint density at radius 1 is 0.946 bits per heavy atom. The topological polar surface area (TPSA) is 45.2 Å². The summed E-state index contributed by atoms with van der Waals surface area (Å²) in [6, 6.07) is 26.8. The molecule has 0 atom stereocenters. The maximum atomic E-state index is 13.2. The molecule has 2 aromatic heterocycles. The minimum Gasteiger partial charge on any atom is -0.317 e. The third kappa shape index (κ3) is 5.34. The third-order valence-electron chi connectivity index (χ3n) is 6.77. The monoisotopic (exact) mass is 545 g/mol. The number of halogens is 1. The lowest BCUT2D eigenvalue weighted by molar-refractivity contribution is -0.115. The smallest absolute Gasteiger partial charge is 0.229 e. The highest BCUT2D eigenvalue weighted by Crippen LogP contribution is 2.45. The summed E-state index contributed by atoms with van der Waals surface area (Å²) in [5, 5.41) is 5.20. The highest BCUT2D eigenvalue weighted by atomic mass is 35.5. The quantitative estimate of drug-likeness (QED) is 0.238. The van der Waals surface area contributed by atoms with Crippen molar-refractivity contribution < 1.29 is 4.79 Å². The van der Waals surface area contributed by atoms with E-state index < -0.39 is 0 Å². The van der Waals surface area contributed by atoms with Gasteiger partial charge in [0.05, 0.1) is 16.6 Å². The van der Waals surface area contributed by atoms with E-state index in [1.807, 2.05) is 24.3 Å². The van der Waals surface area contributed by atoms with Crippen LogP contribution in [0.25, 0.3) is 31.9 Å². The number of benzene rings is 3. The highest BCUT2D eigenvalue weighted by molar-refractivity contribution is 7.22. The number of aromatic nitrogens is 1. The van der Waals surface area contributed by atoms with Gasteiger partial charge in [0.2, 0.25) is 5.91 Å². The zero-order valence-corrected chi connectivity index (χ0v) is 23.0. The molecule has 5 aromatic rings. The van der Waals surface area contributed by atoms with Crippen LogP contribution in [0.3, 0.4) is 0 Å². The molecule has 1 N–H and O–H groups in total. The Hall–Kier alpha value is -3.03. The molecule has 37 heavy (non-hydrogen) atoms. The maximum Gasteiger partial charge on any atom is 0.229 e. The van der Waals surface area contributed by atoms with Crippen LogP contribution in [0.15, 0.2) is 78.9 Å². The number of rotatable bonds is 6. The van der Waals surface area contributed by atoms with Crippen LogP contribution >= 0.6 is 35.1 Å². The second kappa shape index (κ2) is 11.2. The van der Waals surface area contributed by atoms with E-state index >= 15 is 0 Å². The number of thiazole rings is 1. The van der Waals surface area contributed by atoms with Crippen molar-refractivity contribution in [2.45, 2.75) is 26.3 Å². The molecule has 0 aliphatic carbocycles. The van der Waals surface area contributed by atoms with Crippen molar-refractivity contribution in [3.63, 3.8) is 0 Å². The lowest BCUT2D eigenvalue weighted by Gasteiger charge is -2.25. The van der Waals surface area contributed by atoms with Gasteiger partial charge in [-0.25, -0.2) is 4.98 Å². The second-order valence-corrected chi connectivity index (χ2v) is 11.2. The number of likely N-dealkylation sites (N-methyl/N-ethyl adjacent to an activating group) is 1. The van der Waals surface area contributed by atoms with Gasteiger partial charge < -0.3 is 5.32 Å². The van der Waals surface area contributed by atoms with Gasteiger partial charge in [0, 0.05) is 23.5 Å². The summed E-state index contributed by atoms with van der Waals surface area (Å²) in [4.78, 5) is 22.0. The molecule has 188 valence electrons. The number of thiophene rings is 1. The summed E-state index contributed by atoms with van der Waals surface area (Å²) in [7, 11) is 0. The van der Waals surface area contributed by atoms with Crippen LogP contribution in [0.4, 0.5) is 5.00 Å². The first-order valence-corrected chi connectivity index (χ1v) is 14.0. The number of nitrogens with one attached hydrogen (secondary N) is 1. The molecule has 3 aromatic carbocycles. The summed E-state index contributed by atoms with van der Waals surface area (Å²) < 4.78 is 1.18. The molecule has 3 heterocycles. The fraction of sp³-hybridized carbons (Fsp3) is 0.200. The maximum absolute atomic E-state index is 13.2. The van der Waals surface area contributed by atoms with Crippen molar-refractivity contribution in [3.05, 3.63) is 94.9 Å². The van der Waals surface area contributed by atoms with Crippen molar-refractivity contribution in [3.8, 4) is 21.7 Å². The number of fused-ring (bicyclic) bond motifs is 2. The lowest BCUT2D eigenvalue weighted by Crippen LogP contribution is -2.29. The fourth-order valence-electron chi connectivity index (χ4n) is 4.82. The Kier molecular flexibility index (Phi) is 7.72. The molecule has 4 nitrogen and oxygen atoms in total. The van der Waals surface area contributed by atoms with Gasteiger partial charge in [-0.15, -0.1) is 35.1 Å². The first kappa shape index (κ1) is 25.6. The summed E-state index contributed by atoms with van der Waals surface area (Å²) in [5.74, 6) is 0.00997. The molecule has 0 saturated carbocycles. The number of carbonyl (C=O) groups is 1. The molecule has 1 aliphatic heterocycles. The van der Waals surface area contributed by atoms with E-state index in [1.165, 1.54) is 20.7 Å². The van der Waals surface area contributed by atoms with Crippen LogP contribution in [0.2, 0.25) is 0 Å². The zero-order chi connectivity index (χ0) is 24.5. The third-order valence-corrected chi connectivity index (χ3v) is 8.96. The Morgan fingerprint density at radius 2 is 1.68 bits per heavy atom. The first-order chi connectivity index (χ1) is 17.7. The molecule has 0 spiro atoms. The molecule has 0 radical (unpaired) electrons. The van der Waals surface area contributed by atoms with Crippen molar-refractivity contribution in [2.24, 2.45) is 0 Å². The summed E-state index contributed by atoms with van der Waals surface area (Å²) >= 11 is 3.43. The predicted molar refractivity (Wildman–Crippen MR) is 159 cm³/mol. The first-order valence-electron chi connectivity index (χ1n) is 12.3. The van der Waals surface area contributed by atoms with E-state index in [0.29, 0.717) is 6.42 Å². The van der Waals surface area contributed by atoms with E-state index in [0.717, 1.165) is 58.3 Å². The predicted octanol–water partition coefficient (Wildman–Crippen LogP) is 7.67. The summed E-state index contributed by atoms with van der Waals surface area (Å²) in [6.07, 6.45) is 1.33. The van der Waals surface area contributed by atoms with Crippen LogP contribution in [-0.2, 0) is 24.2 Å². The number of anilines is 1. The number of nitrogens with zero attached hydrogens (tertiary/aromatic N) is 2. The molecule has 7 heteroatoms. The van der Waals surface area contributed by atoms with E-state index in [1.54, 1.807) is 22.7 Å². The Bertz CT molecular complexity index is 1490. The molecule has 1 amide bonds. The van der Waals surface area contributed by atoms with Gasteiger partial charge in [-0.1, -0.05) is 73.7 Å². The van der Waals surface area contributed by atoms with E-state index in [4.69, 9.17) is 4.98 Å². The number of hydrogen-bond acceptors (Lipinski definition) is 5. The van der Waals surface area contributed by atoms with Gasteiger partial charge in [-0.05, 0) is 47.4 Å². The zero-order valence-electron chi connectivity index (χ0n) is 20.6. The largest absolute Gasteiger partial charge is 0.317 e. The second-order valence-electron chi connectivity index (χ2n) is 9.10. The number of hydrogen-bond donors (Lipinski definition) is 1. The van der Waals surface area contributed by atoms with Crippen LogP contribution in [0.1, 0.15) is 22.9 Å². The Balaban J connectivity index is 0.00000280. The van der Waals surface area contributed by atoms with Crippen molar-refractivity contribution >= 4 is 56.2 Å². The van der Waals surface area contributed by atoms with Crippen LogP contribution < -0.4 is 5.32 Å². The van der Waals surface area contributed by atoms with Crippen molar-refractivity contribution in [2.75, 3.05) is 18.4 Å². The van der Waals surface area contributed by atoms with E-state index in [-0.39, 0.29) is 18.3 Å². The van der Waals surface area contributed by atoms with Gasteiger partial charge in [0.1, 0.15) is 10.0 Å². The minimum absolute atomic E-state index is 0. The molecule has 0 bridgehead atoms. The average Bonchev–Trinajstić information content (AvgIpc) is 3.49. The Labute approximate surface area is 231 Å².